The number of ether oxygens (including phenoxy) is 1. The molecule has 0 unspecified atom stereocenters. The van der Waals surface area contributed by atoms with Crippen LogP contribution in [0.2, 0.25) is 0 Å². The van der Waals surface area contributed by atoms with Gasteiger partial charge in [0.2, 0.25) is 5.91 Å². The Morgan fingerprint density at radius 3 is 2.53 bits per heavy atom. The number of nitrogens with one attached hydrogen (secondary N) is 1. The van der Waals surface area contributed by atoms with Gasteiger partial charge in [0, 0.05) is 5.39 Å². The van der Waals surface area contributed by atoms with Gasteiger partial charge in [-0.1, -0.05) is 60.7 Å². The molecule has 8 nitrogen and oxygen atoms in total. The fourth-order valence-electron chi connectivity index (χ4n) is 4.87. The highest BCUT2D eigenvalue weighted by Gasteiger charge is 2.52. The number of amides is 4. The number of hydrogen-bond donors (Lipinski definition) is 1. The largest absolute Gasteiger partial charge is 0.489 e. The number of furan rings is 1. The van der Waals surface area contributed by atoms with Crippen LogP contribution in [0.5, 0.6) is 5.75 Å². The minimum Gasteiger partial charge on any atom is -0.489 e. The molecule has 2 aliphatic rings. The number of carbonyl (C=O) groups is 3. The lowest BCUT2D eigenvalue weighted by atomic mass is 9.98. The highest BCUT2D eigenvalue weighted by atomic mass is 16.5. The molecule has 2 atom stereocenters. The Labute approximate surface area is 207 Å². The first-order valence-electron chi connectivity index (χ1n) is 11.7. The average molecular weight is 482 g/mol. The molecule has 1 aromatic heterocycles. The first-order valence-corrected chi connectivity index (χ1v) is 11.7. The van der Waals surface area contributed by atoms with Gasteiger partial charge in [0.15, 0.2) is 5.54 Å². The summed E-state index contributed by atoms with van der Waals surface area (Å²) in [6.45, 7) is 1.42. The van der Waals surface area contributed by atoms with Crippen LogP contribution in [0.25, 0.3) is 11.0 Å². The second kappa shape index (κ2) is 8.27. The zero-order valence-electron chi connectivity index (χ0n) is 19.5. The fourth-order valence-corrected chi connectivity index (χ4v) is 4.87. The standard InChI is InChI=1S/C28H23N3O5/c1-28(24-15-19-11-5-7-13-22(19)36-24)26(33)30(27(34)29-28)16-25(32)31-20-12-6-8-14-23(20)35-17-21(31)18-9-3-2-4-10-18/h2-15,21H,16-17H2,1H3,(H,29,34)/t21-,28-/m1/s1. The van der Waals surface area contributed by atoms with Gasteiger partial charge in [-0.2, -0.15) is 0 Å². The summed E-state index contributed by atoms with van der Waals surface area (Å²) in [6, 6.07) is 24.9. The number of anilines is 1. The van der Waals surface area contributed by atoms with Crippen molar-refractivity contribution in [2.45, 2.75) is 18.5 Å². The van der Waals surface area contributed by atoms with Crippen LogP contribution in [0.4, 0.5) is 10.5 Å². The zero-order valence-corrected chi connectivity index (χ0v) is 19.5. The van der Waals surface area contributed by atoms with E-state index in [4.69, 9.17) is 9.15 Å². The van der Waals surface area contributed by atoms with E-state index in [1.165, 1.54) is 0 Å². The summed E-state index contributed by atoms with van der Waals surface area (Å²) < 4.78 is 11.8. The van der Waals surface area contributed by atoms with E-state index in [1.54, 1.807) is 36.1 Å². The summed E-state index contributed by atoms with van der Waals surface area (Å²) >= 11 is 0. The van der Waals surface area contributed by atoms with Crippen molar-refractivity contribution < 1.29 is 23.5 Å². The molecule has 1 saturated heterocycles. The Hall–Kier alpha value is -4.59. The molecular formula is C28H23N3O5. The number of fused-ring (bicyclic) bond motifs is 2. The first-order chi connectivity index (χ1) is 17.5. The number of rotatable bonds is 4. The normalized spacial score (nSPS) is 21.3. The average Bonchev–Trinajstić information content (AvgIpc) is 3.44. The molecule has 0 spiro atoms. The van der Waals surface area contributed by atoms with Gasteiger partial charge in [-0.15, -0.1) is 0 Å². The number of nitrogens with zero attached hydrogens (tertiary/aromatic N) is 2. The second-order valence-corrected chi connectivity index (χ2v) is 9.06. The summed E-state index contributed by atoms with van der Waals surface area (Å²) in [5.74, 6) is -0.0482. The third kappa shape index (κ3) is 3.41. The maximum Gasteiger partial charge on any atom is 0.325 e. The molecule has 4 aromatic rings. The minimum absolute atomic E-state index is 0.254. The molecule has 4 amide bonds. The van der Waals surface area contributed by atoms with E-state index in [9.17, 15) is 14.4 Å². The zero-order chi connectivity index (χ0) is 24.9. The van der Waals surface area contributed by atoms with Crippen LogP contribution in [0.3, 0.4) is 0 Å². The molecule has 1 N–H and O–H groups in total. The van der Waals surface area contributed by atoms with E-state index in [0.29, 0.717) is 22.8 Å². The van der Waals surface area contributed by atoms with Crippen LogP contribution in [-0.2, 0) is 15.1 Å². The van der Waals surface area contributed by atoms with Gasteiger partial charge in [-0.25, -0.2) is 4.79 Å². The molecule has 3 heterocycles. The number of imide groups is 1. The van der Waals surface area contributed by atoms with Crippen molar-refractivity contribution in [3.8, 4) is 5.75 Å². The molecule has 1 fully saturated rings. The number of carbonyl (C=O) groups excluding carboxylic acids is 3. The quantitative estimate of drug-likeness (QED) is 0.437. The highest BCUT2D eigenvalue weighted by Crippen LogP contribution is 2.40. The number of urea groups is 1. The Bertz CT molecular complexity index is 1460. The van der Waals surface area contributed by atoms with Crippen LogP contribution in [-0.4, -0.2) is 35.9 Å². The summed E-state index contributed by atoms with van der Waals surface area (Å²) in [4.78, 5) is 42.8. The van der Waals surface area contributed by atoms with Gasteiger partial charge < -0.3 is 14.5 Å². The molecule has 2 aliphatic heterocycles. The smallest absolute Gasteiger partial charge is 0.325 e. The Morgan fingerprint density at radius 2 is 1.72 bits per heavy atom. The van der Waals surface area contributed by atoms with Crippen LogP contribution in [0.1, 0.15) is 24.3 Å². The minimum atomic E-state index is -1.42. The van der Waals surface area contributed by atoms with Crippen molar-refractivity contribution >= 4 is 34.5 Å². The molecular weight excluding hydrogens is 458 g/mol. The highest BCUT2D eigenvalue weighted by molar-refractivity contribution is 6.11. The monoisotopic (exact) mass is 481 g/mol. The van der Waals surface area contributed by atoms with Crippen molar-refractivity contribution in [1.82, 2.24) is 10.2 Å². The van der Waals surface area contributed by atoms with Crippen LogP contribution >= 0.6 is 0 Å². The fraction of sp³-hybridized carbons (Fsp3) is 0.179. The lowest BCUT2D eigenvalue weighted by molar-refractivity contribution is -0.134. The lowest BCUT2D eigenvalue weighted by Crippen LogP contribution is -2.48. The van der Waals surface area contributed by atoms with Crippen LogP contribution < -0.4 is 15.0 Å². The second-order valence-electron chi connectivity index (χ2n) is 9.06. The molecule has 180 valence electrons. The summed E-state index contributed by atoms with van der Waals surface area (Å²) in [5, 5.41) is 3.55. The number of para-hydroxylation sites is 3. The van der Waals surface area contributed by atoms with Gasteiger partial charge >= 0.3 is 6.03 Å². The summed E-state index contributed by atoms with van der Waals surface area (Å²) in [5.41, 5.74) is 0.679. The maximum absolute atomic E-state index is 13.8. The Morgan fingerprint density at radius 1 is 1.00 bits per heavy atom. The molecule has 3 aromatic carbocycles. The van der Waals surface area contributed by atoms with Crippen molar-refractivity contribution in [1.29, 1.82) is 0 Å². The number of hydrogen-bond acceptors (Lipinski definition) is 5. The van der Waals surface area contributed by atoms with Crippen molar-refractivity contribution in [3.63, 3.8) is 0 Å². The number of benzene rings is 3. The predicted molar refractivity (Wildman–Crippen MR) is 132 cm³/mol. The SMILES string of the molecule is C[C@]1(c2cc3ccccc3o2)NC(=O)N(CC(=O)N2c3ccccc3OC[C@@H]2c2ccccc2)C1=O. The maximum atomic E-state index is 13.8. The van der Waals surface area contributed by atoms with Gasteiger partial charge in [0.05, 0.1) is 11.7 Å². The molecule has 8 heteroatoms. The predicted octanol–water partition coefficient (Wildman–Crippen LogP) is 4.37. The van der Waals surface area contributed by atoms with Crippen LogP contribution in [0, 0.1) is 0 Å². The third-order valence-corrected chi connectivity index (χ3v) is 6.77. The molecule has 0 bridgehead atoms. The molecule has 0 aliphatic carbocycles. The molecule has 36 heavy (non-hydrogen) atoms. The van der Waals surface area contributed by atoms with E-state index >= 15 is 0 Å². The van der Waals surface area contributed by atoms with Gasteiger partial charge in [-0.3, -0.25) is 19.4 Å². The van der Waals surface area contributed by atoms with Crippen molar-refractivity contribution in [2.75, 3.05) is 18.1 Å². The first kappa shape index (κ1) is 21.9. The Balaban J connectivity index is 1.32. The molecule has 6 rings (SSSR count). The van der Waals surface area contributed by atoms with Crippen molar-refractivity contribution in [2.24, 2.45) is 0 Å². The topological polar surface area (TPSA) is 92.1 Å². The van der Waals surface area contributed by atoms with E-state index in [2.05, 4.69) is 5.32 Å². The molecule has 0 saturated carbocycles. The van der Waals surface area contributed by atoms with Crippen molar-refractivity contribution in [3.05, 3.63) is 96.3 Å². The third-order valence-electron chi connectivity index (χ3n) is 6.77. The molecule has 0 radical (unpaired) electrons. The summed E-state index contributed by atoms with van der Waals surface area (Å²) in [7, 11) is 0. The van der Waals surface area contributed by atoms with E-state index in [1.807, 2.05) is 60.7 Å². The van der Waals surface area contributed by atoms with Gasteiger partial charge in [0.25, 0.3) is 5.91 Å². The lowest BCUT2D eigenvalue weighted by Gasteiger charge is -2.37. The van der Waals surface area contributed by atoms with E-state index in [0.717, 1.165) is 15.8 Å². The Kier molecular flexibility index (Phi) is 5.03. The van der Waals surface area contributed by atoms with Gasteiger partial charge in [0.1, 0.15) is 30.2 Å². The van der Waals surface area contributed by atoms with E-state index < -0.39 is 36.0 Å². The van der Waals surface area contributed by atoms with Gasteiger partial charge in [-0.05, 0) is 36.8 Å². The van der Waals surface area contributed by atoms with E-state index in [-0.39, 0.29) is 6.61 Å². The van der Waals surface area contributed by atoms with Crippen LogP contribution in [0.15, 0.2) is 89.3 Å². The summed E-state index contributed by atoms with van der Waals surface area (Å²) in [6.07, 6.45) is 0.